The maximum Gasteiger partial charge on any atom is 0.321 e. The highest BCUT2D eigenvalue weighted by Gasteiger charge is 2.06. The molecule has 0 saturated heterocycles. The minimum absolute atomic E-state index is 0.156. The summed E-state index contributed by atoms with van der Waals surface area (Å²) >= 11 is 0. The van der Waals surface area contributed by atoms with Crippen LogP contribution in [0.5, 0.6) is 5.88 Å². The number of hydrogen-bond acceptors (Lipinski definition) is 5. The highest BCUT2D eigenvalue weighted by molar-refractivity contribution is 5.87. The van der Waals surface area contributed by atoms with Crippen molar-refractivity contribution in [2.75, 3.05) is 19.0 Å². The Morgan fingerprint density at radius 1 is 1.29 bits per heavy atom. The highest BCUT2D eigenvalue weighted by atomic mass is 16.5. The molecule has 0 fully saturated rings. The number of nitrogens with one attached hydrogen (secondary N) is 2. The lowest BCUT2D eigenvalue weighted by atomic mass is 10.2. The summed E-state index contributed by atoms with van der Waals surface area (Å²) in [5, 5.41) is 13.7. The van der Waals surface area contributed by atoms with E-state index in [1.54, 1.807) is 13.0 Å². The van der Waals surface area contributed by atoms with E-state index in [1.807, 2.05) is 0 Å². The number of aliphatic carboxylic acids is 1. The van der Waals surface area contributed by atoms with E-state index in [-0.39, 0.29) is 12.4 Å². The Morgan fingerprint density at radius 2 is 2.05 bits per heavy atom. The number of carbonyl (C=O) groups is 2. The Hall–Kier alpha value is -2.38. The fourth-order valence-electron chi connectivity index (χ4n) is 1.63. The molecule has 0 radical (unpaired) electrons. The molecule has 0 bridgehead atoms. The van der Waals surface area contributed by atoms with E-state index in [0.29, 0.717) is 24.5 Å². The molecule has 0 aliphatic heterocycles. The van der Waals surface area contributed by atoms with E-state index < -0.39 is 12.0 Å². The molecular weight excluding hydrogens is 276 g/mol. The third-order valence-corrected chi connectivity index (χ3v) is 2.62. The van der Waals surface area contributed by atoms with Gasteiger partial charge in [0.2, 0.25) is 11.8 Å². The largest absolute Gasteiger partial charge is 0.481 e. The van der Waals surface area contributed by atoms with Crippen LogP contribution in [0.25, 0.3) is 0 Å². The Bertz CT molecular complexity index is 493. The maximum absolute atomic E-state index is 11.6. The van der Waals surface area contributed by atoms with E-state index in [4.69, 9.17) is 9.84 Å². The average Bonchev–Trinajstić information content (AvgIpc) is 2.41. The molecule has 1 rings (SSSR count). The zero-order valence-corrected chi connectivity index (χ0v) is 12.2. The Morgan fingerprint density at radius 3 is 2.71 bits per heavy atom. The summed E-state index contributed by atoms with van der Waals surface area (Å²) in [6, 6.07) is 1.26. The van der Waals surface area contributed by atoms with Gasteiger partial charge in [-0.2, -0.15) is 4.98 Å². The van der Waals surface area contributed by atoms with Crippen LogP contribution >= 0.6 is 0 Å². The molecule has 8 heteroatoms. The van der Waals surface area contributed by atoms with Crippen molar-refractivity contribution in [3.8, 4) is 5.88 Å². The summed E-state index contributed by atoms with van der Waals surface area (Å²) in [6.07, 6.45) is 2.24. The van der Waals surface area contributed by atoms with Gasteiger partial charge in [0.05, 0.1) is 7.11 Å². The van der Waals surface area contributed by atoms with Crippen LogP contribution < -0.4 is 15.4 Å². The van der Waals surface area contributed by atoms with Crippen LogP contribution in [0.1, 0.15) is 31.4 Å². The second-order valence-corrected chi connectivity index (χ2v) is 4.46. The summed E-state index contributed by atoms with van der Waals surface area (Å²) in [4.78, 5) is 30.0. The zero-order chi connectivity index (χ0) is 15.7. The number of methoxy groups -OCH3 is 1. The van der Waals surface area contributed by atoms with Crippen molar-refractivity contribution >= 4 is 17.9 Å². The van der Waals surface area contributed by atoms with Crippen LogP contribution in [0.4, 0.5) is 10.7 Å². The normalized spacial score (nSPS) is 10.0. The number of urea groups is 1. The van der Waals surface area contributed by atoms with Gasteiger partial charge in [-0.15, -0.1) is 0 Å². The molecule has 0 unspecified atom stereocenters. The molecule has 0 atom stereocenters. The molecule has 21 heavy (non-hydrogen) atoms. The zero-order valence-electron chi connectivity index (χ0n) is 12.2. The van der Waals surface area contributed by atoms with Crippen LogP contribution in [0.15, 0.2) is 6.07 Å². The number of aryl methyl sites for hydroxylation is 1. The van der Waals surface area contributed by atoms with E-state index >= 15 is 0 Å². The highest BCUT2D eigenvalue weighted by Crippen LogP contribution is 2.10. The van der Waals surface area contributed by atoms with Gasteiger partial charge in [0, 0.05) is 24.7 Å². The first kappa shape index (κ1) is 16.7. The minimum Gasteiger partial charge on any atom is -0.481 e. The van der Waals surface area contributed by atoms with E-state index in [9.17, 15) is 9.59 Å². The van der Waals surface area contributed by atoms with Crippen LogP contribution in [0.2, 0.25) is 0 Å². The van der Waals surface area contributed by atoms with Crippen LogP contribution in [0.3, 0.4) is 0 Å². The number of carboxylic acid groups (broad SMARTS) is 1. The fourth-order valence-corrected chi connectivity index (χ4v) is 1.63. The van der Waals surface area contributed by atoms with Gasteiger partial charge in [-0.1, -0.05) is 6.42 Å². The number of rotatable bonds is 8. The number of carbonyl (C=O) groups excluding carboxylic acids is 1. The molecule has 1 aromatic rings. The molecule has 0 aliphatic carbocycles. The predicted octanol–water partition coefficient (Wildman–Crippen LogP) is 1.56. The third-order valence-electron chi connectivity index (χ3n) is 2.62. The van der Waals surface area contributed by atoms with Gasteiger partial charge in [-0.05, 0) is 19.8 Å². The van der Waals surface area contributed by atoms with Crippen molar-refractivity contribution in [1.82, 2.24) is 15.3 Å². The molecule has 1 heterocycles. The van der Waals surface area contributed by atoms with Gasteiger partial charge in [0.1, 0.15) is 0 Å². The van der Waals surface area contributed by atoms with Gasteiger partial charge < -0.3 is 15.2 Å². The molecular formula is C13H20N4O4. The smallest absolute Gasteiger partial charge is 0.321 e. The molecule has 3 N–H and O–H groups in total. The second-order valence-electron chi connectivity index (χ2n) is 4.46. The summed E-state index contributed by atoms with van der Waals surface area (Å²) in [5.74, 6) is -0.243. The number of unbranched alkanes of at least 4 members (excludes halogenated alkanes) is 2. The number of aromatic nitrogens is 2. The van der Waals surface area contributed by atoms with Crippen LogP contribution in [-0.2, 0) is 4.79 Å². The van der Waals surface area contributed by atoms with Crippen molar-refractivity contribution in [2.24, 2.45) is 0 Å². The van der Waals surface area contributed by atoms with Crippen molar-refractivity contribution in [3.63, 3.8) is 0 Å². The van der Waals surface area contributed by atoms with E-state index in [2.05, 4.69) is 20.6 Å². The lowest BCUT2D eigenvalue weighted by molar-refractivity contribution is -0.137. The van der Waals surface area contributed by atoms with Gasteiger partial charge in [0.25, 0.3) is 0 Å². The third kappa shape index (κ3) is 7.09. The SMILES string of the molecule is COc1cc(C)nc(NC(=O)NCCCCCC(=O)O)n1. The van der Waals surface area contributed by atoms with Gasteiger partial charge in [-0.3, -0.25) is 10.1 Å². The number of nitrogens with zero attached hydrogens (tertiary/aromatic N) is 2. The quantitative estimate of drug-likeness (QED) is 0.627. The summed E-state index contributed by atoms with van der Waals surface area (Å²) in [5.41, 5.74) is 0.686. The summed E-state index contributed by atoms with van der Waals surface area (Å²) in [6.45, 7) is 2.24. The van der Waals surface area contributed by atoms with Gasteiger partial charge >= 0.3 is 12.0 Å². The average molecular weight is 296 g/mol. The van der Waals surface area contributed by atoms with Crippen molar-refractivity contribution in [3.05, 3.63) is 11.8 Å². The molecule has 0 spiro atoms. The standard InChI is InChI=1S/C13H20N4O4/c1-9-8-10(21-2)16-12(15-9)17-13(20)14-7-5-3-4-6-11(18)19/h8H,3-7H2,1-2H3,(H,18,19)(H2,14,15,16,17,20). The molecule has 0 aromatic carbocycles. The van der Waals surface area contributed by atoms with E-state index in [1.165, 1.54) is 7.11 Å². The first-order valence-corrected chi connectivity index (χ1v) is 6.67. The lowest BCUT2D eigenvalue weighted by Gasteiger charge is -2.08. The minimum atomic E-state index is -0.800. The number of hydrogen-bond donors (Lipinski definition) is 3. The Kier molecular flexibility index (Phi) is 6.93. The topological polar surface area (TPSA) is 113 Å². The first-order valence-electron chi connectivity index (χ1n) is 6.67. The maximum atomic E-state index is 11.6. The molecule has 116 valence electrons. The first-order chi connectivity index (χ1) is 10.0. The lowest BCUT2D eigenvalue weighted by Crippen LogP contribution is -2.30. The van der Waals surface area contributed by atoms with Gasteiger partial charge in [-0.25, -0.2) is 9.78 Å². The Labute approximate surface area is 122 Å². The number of ether oxygens (including phenoxy) is 1. The molecule has 0 saturated carbocycles. The molecule has 2 amide bonds. The van der Waals surface area contributed by atoms with Crippen molar-refractivity contribution < 1.29 is 19.4 Å². The molecule has 0 aliphatic rings. The molecule has 1 aromatic heterocycles. The van der Waals surface area contributed by atoms with Gasteiger partial charge in [0.15, 0.2) is 0 Å². The van der Waals surface area contributed by atoms with Crippen LogP contribution in [0, 0.1) is 6.92 Å². The summed E-state index contributed by atoms with van der Waals surface area (Å²) < 4.78 is 4.99. The molecule has 8 nitrogen and oxygen atoms in total. The number of anilines is 1. The predicted molar refractivity (Wildman–Crippen MR) is 76.4 cm³/mol. The Balaban J connectivity index is 2.27. The van der Waals surface area contributed by atoms with E-state index in [0.717, 1.165) is 12.8 Å². The monoisotopic (exact) mass is 296 g/mol. The summed E-state index contributed by atoms with van der Waals surface area (Å²) in [7, 11) is 1.49. The van der Waals surface area contributed by atoms with Crippen molar-refractivity contribution in [1.29, 1.82) is 0 Å². The fraction of sp³-hybridized carbons (Fsp3) is 0.538. The number of carboxylic acids is 1. The number of amides is 2. The second kappa shape index (κ2) is 8.72. The van der Waals surface area contributed by atoms with Crippen LogP contribution in [-0.4, -0.2) is 40.7 Å². The van der Waals surface area contributed by atoms with Crippen molar-refractivity contribution in [2.45, 2.75) is 32.6 Å².